The van der Waals surface area contributed by atoms with Crippen molar-refractivity contribution in [3.63, 3.8) is 0 Å². The van der Waals surface area contributed by atoms with Crippen molar-refractivity contribution in [3.05, 3.63) is 77.5 Å². The summed E-state index contributed by atoms with van der Waals surface area (Å²) in [7, 11) is 1.27. The second-order valence-electron chi connectivity index (χ2n) is 6.00. The van der Waals surface area contributed by atoms with Crippen molar-refractivity contribution in [2.24, 2.45) is 0 Å². The van der Waals surface area contributed by atoms with Gasteiger partial charge in [0.15, 0.2) is 10.8 Å². The Kier molecular flexibility index (Phi) is 5.78. The SMILES string of the molecule is COC(=O)c1cnc(-c2nc(-c3ccc(F)cc3)oc2Sc2ccc(Cl)cc2)cn1. The number of rotatable bonds is 5. The molecule has 0 aliphatic rings. The molecule has 0 saturated carbocycles. The molecule has 0 N–H and O–H groups in total. The van der Waals surface area contributed by atoms with Gasteiger partial charge in [-0.1, -0.05) is 11.6 Å². The monoisotopic (exact) mass is 441 g/mol. The summed E-state index contributed by atoms with van der Waals surface area (Å²) in [6, 6.07) is 13.1. The Morgan fingerprint density at radius 3 is 2.43 bits per heavy atom. The van der Waals surface area contributed by atoms with E-state index in [4.69, 9.17) is 16.0 Å². The molecule has 0 radical (unpaired) electrons. The van der Waals surface area contributed by atoms with Gasteiger partial charge in [0.2, 0.25) is 5.89 Å². The minimum atomic E-state index is -0.586. The molecule has 0 fully saturated rings. The lowest BCUT2D eigenvalue weighted by atomic mass is 10.2. The Balaban J connectivity index is 1.75. The summed E-state index contributed by atoms with van der Waals surface area (Å²) in [5.74, 6) is -0.636. The third-order valence-electron chi connectivity index (χ3n) is 4.00. The van der Waals surface area contributed by atoms with E-state index in [0.29, 0.717) is 33.0 Å². The van der Waals surface area contributed by atoms with Crippen LogP contribution in [0.2, 0.25) is 5.02 Å². The summed E-state index contributed by atoms with van der Waals surface area (Å²) in [4.78, 5) is 25.4. The fraction of sp³-hybridized carbons (Fsp3) is 0.0476. The first kappa shape index (κ1) is 20.1. The molecule has 6 nitrogen and oxygen atoms in total. The predicted molar refractivity (Wildman–Crippen MR) is 110 cm³/mol. The number of oxazole rings is 1. The maximum atomic E-state index is 13.3. The van der Waals surface area contributed by atoms with Gasteiger partial charge in [-0.2, -0.15) is 0 Å². The highest BCUT2D eigenvalue weighted by molar-refractivity contribution is 7.99. The zero-order chi connectivity index (χ0) is 21.1. The average Bonchev–Trinajstić information content (AvgIpc) is 3.19. The van der Waals surface area contributed by atoms with Crippen molar-refractivity contribution < 1.29 is 18.3 Å². The molecule has 0 unspecified atom stereocenters. The second-order valence-corrected chi connectivity index (χ2v) is 7.48. The Morgan fingerprint density at radius 2 is 1.80 bits per heavy atom. The number of nitrogens with zero attached hydrogens (tertiary/aromatic N) is 3. The zero-order valence-electron chi connectivity index (χ0n) is 15.5. The van der Waals surface area contributed by atoms with Crippen LogP contribution in [0.3, 0.4) is 0 Å². The minimum absolute atomic E-state index is 0.0791. The quantitative estimate of drug-likeness (QED) is 0.377. The van der Waals surface area contributed by atoms with Crippen molar-refractivity contribution >= 4 is 29.3 Å². The number of ether oxygens (including phenoxy) is 1. The first-order valence-electron chi connectivity index (χ1n) is 8.64. The van der Waals surface area contributed by atoms with Crippen LogP contribution in [-0.4, -0.2) is 28.0 Å². The molecule has 0 bridgehead atoms. The second kappa shape index (κ2) is 8.64. The van der Waals surface area contributed by atoms with E-state index in [1.54, 1.807) is 24.3 Å². The molecule has 150 valence electrons. The molecule has 2 aromatic heterocycles. The standard InChI is InChI=1S/C21H13ClFN3O3S/c1-28-20(27)17-11-24-16(10-25-17)18-21(30-15-8-4-13(22)5-9-15)29-19(26-18)12-2-6-14(23)7-3-12/h2-11H,1H3. The molecule has 4 aromatic rings. The topological polar surface area (TPSA) is 78.1 Å². The highest BCUT2D eigenvalue weighted by atomic mass is 35.5. The fourth-order valence-corrected chi connectivity index (χ4v) is 3.50. The third kappa shape index (κ3) is 4.34. The van der Waals surface area contributed by atoms with Crippen molar-refractivity contribution in [2.75, 3.05) is 7.11 Å². The van der Waals surface area contributed by atoms with E-state index in [1.165, 1.54) is 43.4 Å². The highest BCUT2D eigenvalue weighted by Gasteiger charge is 2.20. The summed E-state index contributed by atoms with van der Waals surface area (Å²) in [6.07, 6.45) is 2.73. The molecule has 0 atom stereocenters. The number of hydrogen-bond acceptors (Lipinski definition) is 7. The highest BCUT2D eigenvalue weighted by Crippen LogP contribution is 2.38. The average molecular weight is 442 g/mol. The summed E-state index contributed by atoms with van der Waals surface area (Å²) in [5.41, 5.74) is 1.55. The molecule has 2 heterocycles. The van der Waals surface area contributed by atoms with E-state index in [-0.39, 0.29) is 11.5 Å². The maximum Gasteiger partial charge on any atom is 0.358 e. The molecule has 0 spiro atoms. The molecule has 4 rings (SSSR count). The van der Waals surface area contributed by atoms with Gasteiger partial charge in [0.05, 0.1) is 19.5 Å². The molecule has 9 heteroatoms. The van der Waals surface area contributed by atoms with Gasteiger partial charge in [-0.3, -0.25) is 4.98 Å². The van der Waals surface area contributed by atoms with Crippen LogP contribution in [0.25, 0.3) is 22.8 Å². The number of carbonyl (C=O) groups excluding carboxylic acids is 1. The first-order chi connectivity index (χ1) is 14.5. The normalized spacial score (nSPS) is 10.8. The van der Waals surface area contributed by atoms with Crippen molar-refractivity contribution in [3.8, 4) is 22.8 Å². The number of halogens is 2. The van der Waals surface area contributed by atoms with Gasteiger partial charge >= 0.3 is 5.97 Å². The summed E-state index contributed by atoms with van der Waals surface area (Å²) >= 11 is 7.29. The molecule has 0 aliphatic heterocycles. The molecule has 2 aromatic carbocycles. The Hall–Kier alpha value is -3.23. The largest absolute Gasteiger partial charge is 0.464 e. The third-order valence-corrected chi connectivity index (χ3v) is 5.22. The zero-order valence-corrected chi connectivity index (χ0v) is 17.1. The predicted octanol–water partition coefficient (Wildman–Crippen LogP) is 5.53. The summed E-state index contributed by atoms with van der Waals surface area (Å²) in [6.45, 7) is 0. The van der Waals surface area contributed by atoms with E-state index in [1.807, 2.05) is 12.1 Å². The molecule has 0 saturated heterocycles. The maximum absolute atomic E-state index is 13.3. The summed E-state index contributed by atoms with van der Waals surface area (Å²) < 4.78 is 23.9. The van der Waals surface area contributed by atoms with Crippen LogP contribution >= 0.6 is 23.4 Å². The smallest absolute Gasteiger partial charge is 0.358 e. The number of hydrogen-bond donors (Lipinski definition) is 0. The van der Waals surface area contributed by atoms with Gasteiger partial charge in [0.25, 0.3) is 0 Å². The van der Waals surface area contributed by atoms with Crippen LogP contribution in [0.4, 0.5) is 4.39 Å². The van der Waals surface area contributed by atoms with Gasteiger partial charge in [-0.05, 0) is 60.3 Å². The Labute approximate surface area is 180 Å². The van der Waals surface area contributed by atoms with Crippen LogP contribution < -0.4 is 0 Å². The number of carbonyl (C=O) groups is 1. The van der Waals surface area contributed by atoms with Crippen LogP contribution in [0, 0.1) is 5.82 Å². The fourth-order valence-electron chi connectivity index (χ4n) is 2.52. The van der Waals surface area contributed by atoms with E-state index in [9.17, 15) is 9.18 Å². The molecule has 30 heavy (non-hydrogen) atoms. The lowest BCUT2D eigenvalue weighted by Crippen LogP contribution is -2.05. The van der Waals surface area contributed by atoms with E-state index >= 15 is 0 Å². The lowest BCUT2D eigenvalue weighted by molar-refractivity contribution is 0.0593. The first-order valence-corrected chi connectivity index (χ1v) is 9.84. The van der Waals surface area contributed by atoms with E-state index in [0.717, 1.165) is 4.90 Å². The van der Waals surface area contributed by atoms with Gasteiger partial charge < -0.3 is 9.15 Å². The van der Waals surface area contributed by atoms with Crippen LogP contribution in [0.15, 0.2) is 75.3 Å². The molecule has 0 amide bonds. The Morgan fingerprint density at radius 1 is 1.07 bits per heavy atom. The number of methoxy groups -OCH3 is 1. The Bertz CT molecular complexity index is 1180. The number of aromatic nitrogens is 3. The van der Waals surface area contributed by atoms with Crippen molar-refractivity contribution in [2.45, 2.75) is 9.99 Å². The van der Waals surface area contributed by atoms with Gasteiger partial charge in [-0.25, -0.2) is 19.2 Å². The van der Waals surface area contributed by atoms with Gasteiger partial charge in [0, 0.05) is 15.5 Å². The van der Waals surface area contributed by atoms with Gasteiger partial charge in [0.1, 0.15) is 17.2 Å². The lowest BCUT2D eigenvalue weighted by Gasteiger charge is -2.02. The van der Waals surface area contributed by atoms with Gasteiger partial charge in [-0.15, -0.1) is 0 Å². The van der Waals surface area contributed by atoms with E-state index in [2.05, 4.69) is 19.7 Å². The summed E-state index contributed by atoms with van der Waals surface area (Å²) in [5, 5.41) is 1.09. The van der Waals surface area contributed by atoms with Crippen molar-refractivity contribution in [1.29, 1.82) is 0 Å². The molecular weight excluding hydrogens is 429 g/mol. The van der Waals surface area contributed by atoms with Crippen LogP contribution in [-0.2, 0) is 4.74 Å². The van der Waals surface area contributed by atoms with E-state index < -0.39 is 5.97 Å². The molecule has 0 aliphatic carbocycles. The number of benzene rings is 2. The van der Waals surface area contributed by atoms with Crippen LogP contribution in [0.1, 0.15) is 10.5 Å². The van der Waals surface area contributed by atoms with Crippen LogP contribution in [0.5, 0.6) is 0 Å². The molecular formula is C21H13ClFN3O3S. The van der Waals surface area contributed by atoms with Crippen molar-refractivity contribution in [1.82, 2.24) is 15.0 Å². The minimum Gasteiger partial charge on any atom is -0.464 e. The number of esters is 1.